The van der Waals surface area contributed by atoms with Crippen LogP contribution in [0.2, 0.25) is 0 Å². The number of hydrogen-bond acceptors (Lipinski definition) is 7. The number of ether oxygens (including phenoxy) is 3. The summed E-state index contributed by atoms with van der Waals surface area (Å²) in [7, 11) is 4.43. The Morgan fingerprint density at radius 1 is 0.875 bits per heavy atom. The minimum Gasteiger partial charge on any atom is -0.493 e. The molecule has 32 heavy (non-hydrogen) atoms. The average molecular weight is 462 g/mol. The maximum Gasteiger partial charge on any atom is 0.272 e. The van der Waals surface area contributed by atoms with Crippen LogP contribution in [0.5, 0.6) is 17.2 Å². The highest BCUT2D eigenvalue weighted by atomic mass is 32.1. The van der Waals surface area contributed by atoms with Gasteiger partial charge in [0.05, 0.1) is 26.9 Å². The second-order valence-electron chi connectivity index (χ2n) is 7.27. The van der Waals surface area contributed by atoms with E-state index >= 15 is 0 Å². The lowest BCUT2D eigenvalue weighted by atomic mass is 10.0. The van der Waals surface area contributed by atoms with Crippen molar-refractivity contribution in [2.24, 2.45) is 0 Å². The Morgan fingerprint density at radius 2 is 1.53 bits per heavy atom. The molecule has 1 aromatic carbocycles. The van der Waals surface area contributed by atoms with Crippen molar-refractivity contribution in [3.05, 3.63) is 33.7 Å². The standard InChI is InChI=1S/C22H27N3O6S/c1-12(26)24-25-21(28)18-14-8-6-5-7-9-17(14)32-22(18)23-20(27)13-10-15(29-2)19(31-4)16(11-13)30-3/h10-11H,5-9H2,1-4H3,(H,23,27)(H,24,26)(H,25,28). The van der Waals surface area contributed by atoms with Gasteiger partial charge in [0, 0.05) is 17.4 Å². The van der Waals surface area contributed by atoms with E-state index in [9.17, 15) is 14.4 Å². The van der Waals surface area contributed by atoms with Crippen LogP contribution in [-0.4, -0.2) is 39.1 Å². The van der Waals surface area contributed by atoms with E-state index < -0.39 is 11.8 Å². The number of hydrogen-bond donors (Lipinski definition) is 3. The first-order chi connectivity index (χ1) is 15.4. The monoisotopic (exact) mass is 461 g/mol. The highest BCUT2D eigenvalue weighted by Crippen LogP contribution is 2.40. The molecule has 3 amide bonds. The van der Waals surface area contributed by atoms with Crippen LogP contribution < -0.4 is 30.4 Å². The summed E-state index contributed by atoms with van der Waals surface area (Å²) in [5, 5.41) is 3.31. The van der Waals surface area contributed by atoms with Gasteiger partial charge >= 0.3 is 0 Å². The van der Waals surface area contributed by atoms with E-state index in [4.69, 9.17) is 14.2 Å². The molecule has 0 saturated heterocycles. The summed E-state index contributed by atoms with van der Waals surface area (Å²) in [5.41, 5.74) is 6.34. The number of hydrazine groups is 1. The van der Waals surface area contributed by atoms with E-state index in [2.05, 4.69) is 16.2 Å². The highest BCUT2D eigenvalue weighted by molar-refractivity contribution is 7.17. The van der Waals surface area contributed by atoms with Crippen molar-refractivity contribution >= 4 is 34.1 Å². The van der Waals surface area contributed by atoms with Crippen LogP contribution in [0.15, 0.2) is 12.1 Å². The second-order valence-corrected chi connectivity index (χ2v) is 8.38. The van der Waals surface area contributed by atoms with E-state index in [0.29, 0.717) is 27.8 Å². The van der Waals surface area contributed by atoms with Crippen LogP contribution in [0.1, 0.15) is 57.3 Å². The van der Waals surface area contributed by atoms with Gasteiger partial charge in [-0.2, -0.15) is 0 Å². The van der Waals surface area contributed by atoms with Gasteiger partial charge in [0.2, 0.25) is 11.7 Å². The zero-order valence-corrected chi connectivity index (χ0v) is 19.4. The fourth-order valence-electron chi connectivity index (χ4n) is 3.67. The van der Waals surface area contributed by atoms with Crippen LogP contribution in [0, 0.1) is 0 Å². The van der Waals surface area contributed by atoms with Gasteiger partial charge in [-0.25, -0.2) is 0 Å². The number of fused-ring (bicyclic) bond motifs is 1. The zero-order chi connectivity index (χ0) is 23.3. The average Bonchev–Trinajstić information content (AvgIpc) is 2.96. The molecule has 0 aliphatic heterocycles. The third kappa shape index (κ3) is 4.96. The van der Waals surface area contributed by atoms with Crippen LogP contribution in [0.4, 0.5) is 5.00 Å². The molecule has 3 rings (SSSR count). The zero-order valence-electron chi connectivity index (χ0n) is 18.5. The predicted molar refractivity (Wildman–Crippen MR) is 121 cm³/mol. The molecule has 0 spiro atoms. The molecular formula is C22H27N3O6S. The third-order valence-corrected chi connectivity index (χ3v) is 6.36. The van der Waals surface area contributed by atoms with Crippen molar-refractivity contribution in [3.8, 4) is 17.2 Å². The van der Waals surface area contributed by atoms with Gasteiger partial charge in [-0.1, -0.05) is 6.42 Å². The summed E-state index contributed by atoms with van der Waals surface area (Å²) in [5.74, 6) is -0.188. The van der Waals surface area contributed by atoms with Gasteiger partial charge in [0.1, 0.15) is 5.00 Å². The molecule has 1 aromatic heterocycles. The van der Waals surface area contributed by atoms with Gasteiger partial charge in [-0.3, -0.25) is 25.2 Å². The number of benzene rings is 1. The summed E-state index contributed by atoms with van der Waals surface area (Å²) >= 11 is 1.40. The lowest BCUT2D eigenvalue weighted by molar-refractivity contribution is -0.119. The number of nitrogens with one attached hydrogen (secondary N) is 3. The third-order valence-electron chi connectivity index (χ3n) is 5.15. The van der Waals surface area contributed by atoms with Crippen LogP contribution in [0.25, 0.3) is 0 Å². The van der Waals surface area contributed by atoms with Gasteiger partial charge in [0.15, 0.2) is 11.5 Å². The van der Waals surface area contributed by atoms with Crippen molar-refractivity contribution in [2.75, 3.05) is 26.6 Å². The van der Waals surface area contributed by atoms with E-state index in [1.54, 1.807) is 12.1 Å². The molecule has 0 bridgehead atoms. The van der Waals surface area contributed by atoms with Gasteiger partial charge in [0.25, 0.3) is 11.8 Å². The molecule has 0 radical (unpaired) electrons. The van der Waals surface area contributed by atoms with E-state index in [-0.39, 0.29) is 11.5 Å². The molecule has 0 atom stereocenters. The number of amides is 3. The Morgan fingerprint density at radius 3 is 2.12 bits per heavy atom. The summed E-state index contributed by atoms with van der Waals surface area (Å²) in [4.78, 5) is 38.3. The molecule has 1 heterocycles. The maximum absolute atomic E-state index is 13.1. The van der Waals surface area contributed by atoms with Crippen molar-refractivity contribution in [3.63, 3.8) is 0 Å². The summed E-state index contributed by atoms with van der Waals surface area (Å²) in [6.07, 6.45) is 4.67. The molecule has 172 valence electrons. The fourth-order valence-corrected chi connectivity index (χ4v) is 4.95. The van der Waals surface area contributed by atoms with Crippen molar-refractivity contribution < 1.29 is 28.6 Å². The van der Waals surface area contributed by atoms with Crippen molar-refractivity contribution in [2.45, 2.75) is 39.0 Å². The Kier molecular flexibility index (Phi) is 7.57. The Hall–Kier alpha value is -3.27. The molecule has 10 heteroatoms. The first-order valence-corrected chi connectivity index (χ1v) is 11.0. The Balaban J connectivity index is 1.97. The number of rotatable bonds is 6. The normalized spacial score (nSPS) is 12.8. The quantitative estimate of drug-likeness (QED) is 0.450. The lowest BCUT2D eigenvalue weighted by Crippen LogP contribution is -2.40. The van der Waals surface area contributed by atoms with E-state index in [1.165, 1.54) is 39.6 Å². The molecule has 9 nitrogen and oxygen atoms in total. The molecule has 0 unspecified atom stereocenters. The molecular weight excluding hydrogens is 434 g/mol. The number of carbonyl (C=O) groups is 3. The maximum atomic E-state index is 13.1. The van der Waals surface area contributed by atoms with Gasteiger partial charge in [-0.15, -0.1) is 11.3 Å². The van der Waals surface area contributed by atoms with E-state index in [1.807, 2.05) is 0 Å². The minimum absolute atomic E-state index is 0.288. The van der Waals surface area contributed by atoms with Crippen LogP contribution in [-0.2, 0) is 17.6 Å². The molecule has 0 fully saturated rings. The first-order valence-electron chi connectivity index (χ1n) is 10.2. The number of methoxy groups -OCH3 is 3. The predicted octanol–water partition coefficient (Wildman–Crippen LogP) is 3.08. The lowest BCUT2D eigenvalue weighted by Gasteiger charge is -2.14. The minimum atomic E-state index is -0.459. The summed E-state index contributed by atoms with van der Waals surface area (Å²) < 4.78 is 16.0. The summed E-state index contributed by atoms with van der Waals surface area (Å²) in [6, 6.07) is 3.10. The number of anilines is 1. The van der Waals surface area contributed by atoms with Crippen LogP contribution in [0.3, 0.4) is 0 Å². The SMILES string of the molecule is COc1cc(C(=O)Nc2sc3c(c2C(=O)NNC(C)=O)CCCCC3)cc(OC)c1OC. The summed E-state index contributed by atoms with van der Waals surface area (Å²) in [6.45, 7) is 1.31. The first kappa shape index (κ1) is 23.4. The van der Waals surface area contributed by atoms with Crippen LogP contribution >= 0.6 is 11.3 Å². The smallest absolute Gasteiger partial charge is 0.272 e. The van der Waals surface area contributed by atoms with Gasteiger partial charge in [-0.05, 0) is 43.4 Å². The largest absolute Gasteiger partial charge is 0.493 e. The molecule has 1 aliphatic carbocycles. The molecule has 2 aromatic rings. The molecule has 1 aliphatic rings. The highest BCUT2D eigenvalue weighted by Gasteiger charge is 2.27. The number of thiophene rings is 1. The van der Waals surface area contributed by atoms with Crippen molar-refractivity contribution in [1.29, 1.82) is 0 Å². The Bertz CT molecular complexity index is 1010. The second kappa shape index (κ2) is 10.4. The molecule has 3 N–H and O–H groups in total. The fraction of sp³-hybridized carbons (Fsp3) is 0.409. The van der Waals surface area contributed by atoms with Gasteiger partial charge < -0.3 is 19.5 Å². The topological polar surface area (TPSA) is 115 Å². The number of aryl methyl sites for hydroxylation is 1. The Labute approximate surface area is 190 Å². The number of carbonyl (C=O) groups excluding carboxylic acids is 3. The molecule has 0 saturated carbocycles. The van der Waals surface area contributed by atoms with E-state index in [0.717, 1.165) is 42.5 Å². The van der Waals surface area contributed by atoms with Crippen molar-refractivity contribution in [1.82, 2.24) is 10.9 Å².